The molecule has 1 heterocycles. The van der Waals surface area contributed by atoms with Gasteiger partial charge in [-0.05, 0) is 47.6 Å². The molecule has 1 unspecified atom stereocenters. The fraction of sp³-hybridized carbons (Fsp3) is 0.409. The van der Waals surface area contributed by atoms with E-state index in [9.17, 15) is 13.6 Å². The van der Waals surface area contributed by atoms with Gasteiger partial charge in [-0.25, -0.2) is 8.78 Å². The lowest BCUT2D eigenvalue weighted by Gasteiger charge is -2.22. The van der Waals surface area contributed by atoms with E-state index in [-0.39, 0.29) is 18.1 Å². The van der Waals surface area contributed by atoms with Crippen LogP contribution in [0.25, 0.3) is 0 Å². The zero-order valence-corrected chi connectivity index (χ0v) is 16.0. The lowest BCUT2D eigenvalue weighted by molar-refractivity contribution is -0.121. The largest absolute Gasteiger partial charge is 0.454 e. The molecule has 0 aromatic heterocycles. The molecule has 0 saturated heterocycles. The van der Waals surface area contributed by atoms with E-state index in [4.69, 9.17) is 9.47 Å². The summed E-state index contributed by atoms with van der Waals surface area (Å²) in [5, 5.41) is 2.95. The highest BCUT2D eigenvalue weighted by molar-refractivity contribution is 5.76. The van der Waals surface area contributed by atoms with Gasteiger partial charge in [-0.3, -0.25) is 4.79 Å². The van der Waals surface area contributed by atoms with Gasteiger partial charge in [-0.2, -0.15) is 0 Å². The first-order valence-electron chi connectivity index (χ1n) is 9.42. The number of hydrogen-bond donors (Lipinski definition) is 1. The maximum absolute atomic E-state index is 14.4. The molecule has 4 nitrogen and oxygen atoms in total. The molecular weight excluding hydrogens is 364 g/mol. The molecule has 0 spiro atoms. The zero-order chi connectivity index (χ0) is 19.9. The van der Waals surface area contributed by atoms with Crippen LogP contribution in [0, 0.1) is 17.0 Å². The minimum atomic E-state index is -0.595. The Morgan fingerprint density at radius 3 is 2.57 bits per heavy atom. The van der Waals surface area contributed by atoms with E-state index in [1.807, 2.05) is 32.0 Å². The Balaban J connectivity index is 1.38. The predicted octanol–water partition coefficient (Wildman–Crippen LogP) is 4.11. The predicted molar refractivity (Wildman–Crippen MR) is 100 cm³/mol. The second-order valence-corrected chi connectivity index (χ2v) is 8.23. The first-order valence-corrected chi connectivity index (χ1v) is 9.42. The monoisotopic (exact) mass is 387 g/mol. The van der Waals surface area contributed by atoms with Crippen LogP contribution in [0.5, 0.6) is 11.5 Å². The fourth-order valence-electron chi connectivity index (χ4n) is 4.14. The molecule has 1 amide bonds. The summed E-state index contributed by atoms with van der Waals surface area (Å²) in [7, 11) is 0. The molecular formula is C22H23F2NO3. The Morgan fingerprint density at radius 1 is 1.11 bits per heavy atom. The van der Waals surface area contributed by atoms with Crippen LogP contribution in [0.1, 0.15) is 37.8 Å². The molecule has 1 fully saturated rings. The van der Waals surface area contributed by atoms with Crippen LogP contribution in [0.3, 0.4) is 0 Å². The molecule has 6 heteroatoms. The molecule has 1 aliphatic heterocycles. The van der Waals surface area contributed by atoms with Crippen LogP contribution in [-0.2, 0) is 16.6 Å². The van der Waals surface area contributed by atoms with Crippen molar-refractivity contribution >= 4 is 5.91 Å². The molecule has 28 heavy (non-hydrogen) atoms. The Bertz CT molecular complexity index is 928. The van der Waals surface area contributed by atoms with E-state index in [1.165, 1.54) is 12.1 Å². The van der Waals surface area contributed by atoms with Crippen molar-refractivity contribution < 1.29 is 23.0 Å². The minimum Gasteiger partial charge on any atom is -0.454 e. The molecule has 2 aromatic rings. The van der Waals surface area contributed by atoms with Gasteiger partial charge in [0.25, 0.3) is 0 Å². The van der Waals surface area contributed by atoms with Gasteiger partial charge < -0.3 is 14.8 Å². The van der Waals surface area contributed by atoms with Gasteiger partial charge in [0.15, 0.2) is 11.5 Å². The van der Waals surface area contributed by atoms with Crippen molar-refractivity contribution in [3.63, 3.8) is 0 Å². The topological polar surface area (TPSA) is 47.6 Å². The quantitative estimate of drug-likeness (QED) is 0.812. The van der Waals surface area contributed by atoms with Crippen LogP contribution < -0.4 is 14.8 Å². The lowest BCUT2D eigenvalue weighted by atomic mass is 9.87. The van der Waals surface area contributed by atoms with Crippen molar-refractivity contribution in [3.8, 4) is 11.5 Å². The third-order valence-electron chi connectivity index (χ3n) is 6.03. The lowest BCUT2D eigenvalue weighted by Crippen LogP contribution is -2.35. The van der Waals surface area contributed by atoms with Gasteiger partial charge in [0.1, 0.15) is 11.6 Å². The van der Waals surface area contributed by atoms with Crippen molar-refractivity contribution in [3.05, 3.63) is 59.2 Å². The van der Waals surface area contributed by atoms with Gasteiger partial charge in [-0.15, -0.1) is 0 Å². The Morgan fingerprint density at radius 2 is 1.86 bits per heavy atom. The highest BCUT2D eigenvalue weighted by Gasteiger charge is 2.62. The van der Waals surface area contributed by atoms with E-state index < -0.39 is 17.0 Å². The molecule has 0 bridgehead atoms. The summed E-state index contributed by atoms with van der Waals surface area (Å²) in [6.07, 6.45) is 1.64. The number of aryl methyl sites for hydroxylation is 1. The number of carbonyl (C=O) groups is 1. The number of rotatable bonds is 6. The molecule has 1 atom stereocenters. The highest BCUT2D eigenvalue weighted by Crippen LogP contribution is 2.64. The maximum atomic E-state index is 14.4. The average molecular weight is 387 g/mol. The number of benzene rings is 2. The van der Waals surface area contributed by atoms with Crippen LogP contribution in [0.2, 0.25) is 0 Å². The Hall–Kier alpha value is -2.63. The molecule has 148 valence electrons. The van der Waals surface area contributed by atoms with E-state index in [1.54, 1.807) is 0 Å². The SMILES string of the molecule is CC1(C)CC1(CNC(=O)CCc1ccc2c(c1)OCO2)c1ccc(F)cc1F. The Kier molecular flexibility index (Phi) is 4.52. The number of ether oxygens (including phenoxy) is 2. The smallest absolute Gasteiger partial charge is 0.231 e. The van der Waals surface area contributed by atoms with E-state index in [2.05, 4.69) is 5.32 Å². The third kappa shape index (κ3) is 3.32. The molecule has 0 radical (unpaired) electrons. The summed E-state index contributed by atoms with van der Waals surface area (Å²) in [5.41, 5.74) is 0.801. The molecule has 1 saturated carbocycles. The van der Waals surface area contributed by atoms with Gasteiger partial charge in [0, 0.05) is 24.4 Å². The van der Waals surface area contributed by atoms with Crippen molar-refractivity contribution in [2.24, 2.45) is 5.41 Å². The summed E-state index contributed by atoms with van der Waals surface area (Å²) in [5.74, 6) is 0.167. The first-order chi connectivity index (χ1) is 13.3. The molecule has 1 aliphatic carbocycles. The summed E-state index contributed by atoms with van der Waals surface area (Å²) in [6, 6.07) is 9.32. The second kappa shape index (κ2) is 6.76. The Labute approximate surface area is 162 Å². The molecule has 1 N–H and O–H groups in total. The van der Waals surface area contributed by atoms with Crippen LogP contribution in [0.4, 0.5) is 8.78 Å². The number of nitrogens with one attached hydrogen (secondary N) is 1. The van der Waals surface area contributed by atoms with Crippen molar-refractivity contribution in [2.45, 2.75) is 38.5 Å². The number of fused-ring (bicyclic) bond motifs is 1. The normalized spacial score (nSPS) is 21.4. The molecule has 2 aliphatic rings. The molecule has 4 rings (SSSR count). The molecule has 2 aromatic carbocycles. The van der Waals surface area contributed by atoms with E-state index in [0.29, 0.717) is 36.4 Å². The average Bonchev–Trinajstić information content (AvgIpc) is 2.99. The first kappa shape index (κ1) is 18.7. The number of carbonyl (C=O) groups excluding carboxylic acids is 1. The van der Waals surface area contributed by atoms with E-state index in [0.717, 1.165) is 18.1 Å². The number of amides is 1. The highest BCUT2D eigenvalue weighted by atomic mass is 19.1. The van der Waals surface area contributed by atoms with Crippen molar-refractivity contribution in [1.29, 1.82) is 0 Å². The van der Waals surface area contributed by atoms with Crippen LogP contribution in [0.15, 0.2) is 36.4 Å². The van der Waals surface area contributed by atoms with Crippen molar-refractivity contribution in [1.82, 2.24) is 5.32 Å². The standard InChI is InChI=1S/C22H23F2NO3/c1-21(2)11-22(21,16-6-5-15(23)10-17(16)24)12-25-20(26)8-4-14-3-7-18-19(9-14)28-13-27-18/h3,5-7,9-10H,4,8,11-13H2,1-2H3,(H,25,26). The van der Waals surface area contributed by atoms with Gasteiger partial charge in [0.05, 0.1) is 0 Å². The second-order valence-electron chi connectivity index (χ2n) is 8.23. The van der Waals surface area contributed by atoms with Crippen LogP contribution in [-0.4, -0.2) is 19.2 Å². The van der Waals surface area contributed by atoms with Gasteiger partial charge in [-0.1, -0.05) is 26.0 Å². The maximum Gasteiger partial charge on any atom is 0.231 e. The third-order valence-corrected chi connectivity index (χ3v) is 6.03. The summed E-state index contributed by atoms with van der Waals surface area (Å²) >= 11 is 0. The van der Waals surface area contributed by atoms with Crippen molar-refractivity contribution in [2.75, 3.05) is 13.3 Å². The van der Waals surface area contributed by atoms with Crippen LogP contribution >= 0.6 is 0 Å². The number of hydrogen-bond acceptors (Lipinski definition) is 3. The minimum absolute atomic E-state index is 0.0951. The number of halogens is 2. The summed E-state index contributed by atoms with van der Waals surface area (Å²) in [6.45, 7) is 4.63. The van der Waals surface area contributed by atoms with Gasteiger partial charge in [0.2, 0.25) is 12.7 Å². The fourth-order valence-corrected chi connectivity index (χ4v) is 4.14. The van der Waals surface area contributed by atoms with Gasteiger partial charge >= 0.3 is 0 Å². The summed E-state index contributed by atoms with van der Waals surface area (Å²) in [4.78, 5) is 12.4. The zero-order valence-electron chi connectivity index (χ0n) is 16.0. The summed E-state index contributed by atoms with van der Waals surface area (Å²) < 4.78 is 38.3. The van der Waals surface area contributed by atoms with E-state index >= 15 is 0 Å².